The van der Waals surface area contributed by atoms with Gasteiger partial charge in [0, 0.05) is 12.5 Å². The highest BCUT2D eigenvalue weighted by Gasteiger charge is 2.14. The first-order chi connectivity index (χ1) is 6.69. The fourth-order valence-electron chi connectivity index (χ4n) is 1.16. The summed E-state index contributed by atoms with van der Waals surface area (Å²) < 4.78 is 5.13. The molecule has 0 spiro atoms. The van der Waals surface area contributed by atoms with E-state index in [1.54, 1.807) is 13.0 Å². The van der Waals surface area contributed by atoms with Crippen molar-refractivity contribution in [2.75, 3.05) is 6.61 Å². The lowest BCUT2D eigenvalue weighted by Gasteiger charge is -2.09. The number of nitrogens with one attached hydrogen (secondary N) is 1. The highest BCUT2D eigenvalue weighted by molar-refractivity contribution is 5.95. The van der Waals surface area contributed by atoms with Crippen LogP contribution in [0.25, 0.3) is 0 Å². The van der Waals surface area contributed by atoms with Crippen molar-refractivity contribution in [2.45, 2.75) is 26.3 Å². The van der Waals surface area contributed by atoms with E-state index in [0.717, 1.165) is 0 Å². The number of aliphatic hydroxyl groups is 1. The minimum atomic E-state index is -0.234. The molecule has 1 rings (SSSR count). The first kappa shape index (κ1) is 10.8. The van der Waals surface area contributed by atoms with E-state index in [0.29, 0.717) is 17.7 Å². The Morgan fingerprint density at radius 3 is 3.00 bits per heavy atom. The molecule has 0 aromatic carbocycles. The van der Waals surface area contributed by atoms with Gasteiger partial charge in [-0.3, -0.25) is 4.79 Å². The number of amides is 1. The fourth-order valence-corrected chi connectivity index (χ4v) is 1.16. The zero-order valence-corrected chi connectivity index (χ0v) is 8.41. The topological polar surface area (TPSA) is 62.5 Å². The minimum Gasteiger partial charge on any atom is -0.469 e. The Kier molecular flexibility index (Phi) is 3.71. The van der Waals surface area contributed by atoms with E-state index in [9.17, 15) is 4.79 Å². The van der Waals surface area contributed by atoms with Crippen LogP contribution >= 0.6 is 0 Å². The standard InChI is InChI=1S/C10H15NO3/c1-3-9-8(4-5-14-9)10(13)11-7(2)6-12/h4-5,7,12H,3,6H2,1-2H3,(H,11,13). The molecule has 4 nitrogen and oxygen atoms in total. The molecule has 1 aromatic rings. The SMILES string of the molecule is CCc1occc1C(=O)NC(C)CO. The first-order valence-corrected chi connectivity index (χ1v) is 4.67. The zero-order chi connectivity index (χ0) is 10.6. The molecule has 0 radical (unpaired) electrons. The molecular formula is C10H15NO3. The number of rotatable bonds is 4. The van der Waals surface area contributed by atoms with Crippen molar-refractivity contribution in [1.82, 2.24) is 5.32 Å². The van der Waals surface area contributed by atoms with Gasteiger partial charge in [-0.15, -0.1) is 0 Å². The van der Waals surface area contributed by atoms with Gasteiger partial charge in [-0.1, -0.05) is 6.92 Å². The van der Waals surface area contributed by atoms with Gasteiger partial charge in [0.25, 0.3) is 5.91 Å². The quantitative estimate of drug-likeness (QED) is 0.755. The third-order valence-corrected chi connectivity index (χ3v) is 1.96. The van der Waals surface area contributed by atoms with Gasteiger partial charge < -0.3 is 14.8 Å². The molecule has 0 aliphatic rings. The molecule has 4 heteroatoms. The van der Waals surface area contributed by atoms with Crippen molar-refractivity contribution >= 4 is 5.91 Å². The Bertz CT molecular complexity index is 306. The van der Waals surface area contributed by atoms with Crippen LogP contribution in [0, 0.1) is 0 Å². The van der Waals surface area contributed by atoms with Crippen molar-refractivity contribution in [1.29, 1.82) is 0 Å². The third-order valence-electron chi connectivity index (χ3n) is 1.96. The van der Waals surface area contributed by atoms with Crippen molar-refractivity contribution < 1.29 is 14.3 Å². The molecule has 1 unspecified atom stereocenters. The summed E-state index contributed by atoms with van der Waals surface area (Å²) in [5.74, 6) is 0.477. The summed E-state index contributed by atoms with van der Waals surface area (Å²) >= 11 is 0. The molecule has 1 heterocycles. The van der Waals surface area contributed by atoms with Crippen molar-refractivity contribution in [3.63, 3.8) is 0 Å². The normalized spacial score (nSPS) is 12.5. The Hall–Kier alpha value is -1.29. The molecule has 0 fully saturated rings. The van der Waals surface area contributed by atoms with Crippen molar-refractivity contribution in [3.05, 3.63) is 23.7 Å². The summed E-state index contributed by atoms with van der Waals surface area (Å²) in [4.78, 5) is 11.6. The van der Waals surface area contributed by atoms with E-state index in [-0.39, 0.29) is 18.6 Å². The average Bonchev–Trinajstić information content (AvgIpc) is 2.65. The second-order valence-electron chi connectivity index (χ2n) is 3.17. The van der Waals surface area contributed by atoms with Gasteiger partial charge in [0.15, 0.2) is 0 Å². The van der Waals surface area contributed by atoms with Crippen LogP contribution in [0.15, 0.2) is 16.7 Å². The number of aliphatic hydroxyl groups excluding tert-OH is 1. The molecule has 2 N–H and O–H groups in total. The Balaban J connectivity index is 2.69. The van der Waals surface area contributed by atoms with Crippen molar-refractivity contribution in [3.8, 4) is 0 Å². The summed E-state index contributed by atoms with van der Waals surface area (Å²) in [5.41, 5.74) is 0.549. The molecule has 14 heavy (non-hydrogen) atoms. The predicted molar refractivity (Wildman–Crippen MR) is 52.1 cm³/mol. The van der Waals surface area contributed by atoms with E-state index in [2.05, 4.69) is 5.32 Å². The Labute approximate surface area is 82.9 Å². The maximum atomic E-state index is 11.6. The van der Waals surface area contributed by atoms with Gasteiger partial charge in [-0.05, 0) is 13.0 Å². The third kappa shape index (κ3) is 2.35. The van der Waals surface area contributed by atoms with Crippen molar-refractivity contribution in [2.24, 2.45) is 0 Å². The number of carbonyl (C=O) groups is 1. The van der Waals surface area contributed by atoms with E-state index < -0.39 is 0 Å². The number of carbonyl (C=O) groups excluding carboxylic acids is 1. The first-order valence-electron chi connectivity index (χ1n) is 4.67. The maximum absolute atomic E-state index is 11.6. The Morgan fingerprint density at radius 2 is 2.43 bits per heavy atom. The van der Waals surface area contributed by atoms with Crippen LogP contribution in [0.1, 0.15) is 30.0 Å². The molecule has 1 amide bonds. The molecule has 0 aliphatic carbocycles. The highest BCUT2D eigenvalue weighted by Crippen LogP contribution is 2.10. The number of aryl methyl sites for hydroxylation is 1. The predicted octanol–water partition coefficient (Wildman–Crippen LogP) is 0.953. The van der Waals surface area contributed by atoms with Gasteiger partial charge in [0.2, 0.25) is 0 Å². The second-order valence-corrected chi connectivity index (χ2v) is 3.17. The van der Waals surface area contributed by atoms with Crippen LogP contribution in [0.4, 0.5) is 0 Å². The summed E-state index contributed by atoms with van der Waals surface area (Å²) in [6.07, 6.45) is 2.18. The van der Waals surface area contributed by atoms with Gasteiger partial charge in [-0.25, -0.2) is 0 Å². The molecule has 0 aliphatic heterocycles. The average molecular weight is 197 g/mol. The zero-order valence-electron chi connectivity index (χ0n) is 8.41. The second kappa shape index (κ2) is 4.81. The lowest BCUT2D eigenvalue weighted by Crippen LogP contribution is -2.35. The molecule has 1 atom stereocenters. The Morgan fingerprint density at radius 1 is 1.71 bits per heavy atom. The molecule has 1 aromatic heterocycles. The monoisotopic (exact) mass is 197 g/mol. The number of hydrogen-bond donors (Lipinski definition) is 2. The lowest BCUT2D eigenvalue weighted by atomic mass is 10.2. The van der Waals surface area contributed by atoms with Crippen LogP contribution in [-0.4, -0.2) is 23.7 Å². The smallest absolute Gasteiger partial charge is 0.255 e. The molecule has 0 saturated carbocycles. The van der Waals surface area contributed by atoms with Crippen LogP contribution in [0.3, 0.4) is 0 Å². The summed E-state index contributed by atoms with van der Waals surface area (Å²) in [7, 11) is 0. The van der Waals surface area contributed by atoms with Gasteiger partial charge >= 0.3 is 0 Å². The van der Waals surface area contributed by atoms with Gasteiger partial charge in [0.05, 0.1) is 18.4 Å². The van der Waals surface area contributed by atoms with Crippen LogP contribution in [0.5, 0.6) is 0 Å². The summed E-state index contributed by atoms with van der Waals surface area (Å²) in [5, 5.41) is 11.4. The molecule has 78 valence electrons. The maximum Gasteiger partial charge on any atom is 0.255 e. The van der Waals surface area contributed by atoms with E-state index >= 15 is 0 Å². The summed E-state index contributed by atoms with van der Waals surface area (Å²) in [6, 6.07) is 1.40. The van der Waals surface area contributed by atoms with Crippen LogP contribution in [-0.2, 0) is 6.42 Å². The number of furan rings is 1. The van der Waals surface area contributed by atoms with Crippen LogP contribution < -0.4 is 5.32 Å². The molecule has 0 saturated heterocycles. The summed E-state index contributed by atoms with van der Waals surface area (Å²) in [6.45, 7) is 3.60. The van der Waals surface area contributed by atoms with E-state index in [1.165, 1.54) is 6.26 Å². The minimum absolute atomic E-state index is 0.0644. The largest absolute Gasteiger partial charge is 0.469 e. The molecular weight excluding hydrogens is 182 g/mol. The fraction of sp³-hybridized carbons (Fsp3) is 0.500. The highest BCUT2D eigenvalue weighted by atomic mass is 16.3. The number of hydrogen-bond acceptors (Lipinski definition) is 3. The van der Waals surface area contributed by atoms with Gasteiger partial charge in [0.1, 0.15) is 5.76 Å². The van der Waals surface area contributed by atoms with Crippen LogP contribution in [0.2, 0.25) is 0 Å². The lowest BCUT2D eigenvalue weighted by molar-refractivity contribution is 0.0920. The molecule has 0 bridgehead atoms. The van der Waals surface area contributed by atoms with E-state index in [1.807, 2.05) is 6.92 Å². The van der Waals surface area contributed by atoms with Gasteiger partial charge in [-0.2, -0.15) is 0 Å². The van der Waals surface area contributed by atoms with E-state index in [4.69, 9.17) is 9.52 Å².